The van der Waals surface area contributed by atoms with E-state index in [0.29, 0.717) is 17.2 Å². The zero-order valence-corrected chi connectivity index (χ0v) is 18.6. The number of pyridine rings is 1. The summed E-state index contributed by atoms with van der Waals surface area (Å²) in [5.41, 5.74) is 6.59. The van der Waals surface area contributed by atoms with Crippen molar-refractivity contribution in [2.45, 2.75) is 18.2 Å². The lowest BCUT2D eigenvalue weighted by atomic mass is 10.0. The molecule has 5 atom stereocenters. The van der Waals surface area contributed by atoms with Crippen LogP contribution in [0.5, 0.6) is 0 Å². The smallest absolute Gasteiger partial charge is 0.414 e. The molecule has 1 aliphatic carbocycles. The molecule has 1 aromatic carbocycles. The third-order valence-corrected chi connectivity index (χ3v) is 8.37. The van der Waals surface area contributed by atoms with Crippen LogP contribution in [-0.2, 0) is 27.6 Å². The van der Waals surface area contributed by atoms with Crippen molar-refractivity contribution in [1.29, 1.82) is 0 Å². The maximum Gasteiger partial charge on any atom is 0.414 e. The van der Waals surface area contributed by atoms with Crippen molar-refractivity contribution in [3.05, 3.63) is 60.2 Å². The first-order valence-corrected chi connectivity index (χ1v) is 12.3. The largest absolute Gasteiger partial charge is 0.442 e. The van der Waals surface area contributed by atoms with E-state index in [2.05, 4.69) is 15.3 Å². The normalized spacial score (nSPS) is 29.9. The second kappa shape index (κ2) is 7.64. The Morgan fingerprint density at radius 1 is 1.21 bits per heavy atom. The van der Waals surface area contributed by atoms with Gasteiger partial charge in [-0.2, -0.15) is 0 Å². The molecule has 3 aliphatic rings. The maximum absolute atomic E-state index is 15.0. The van der Waals surface area contributed by atoms with E-state index in [9.17, 15) is 9.00 Å². The highest BCUT2D eigenvalue weighted by Crippen LogP contribution is 2.59. The number of rotatable bonds is 5. The zero-order valence-electron chi connectivity index (χ0n) is 17.8. The van der Waals surface area contributed by atoms with Gasteiger partial charge >= 0.3 is 6.09 Å². The summed E-state index contributed by atoms with van der Waals surface area (Å²) in [6.45, 7) is 0.405. The molecule has 6 rings (SSSR count). The second-order valence-electron chi connectivity index (χ2n) is 8.88. The Bertz CT molecular complexity index is 1270. The standard InChI is InChI=1S/C22H20F2N6O3S/c23-17-5-13(30-9-14(33-21(30)31)8-29-4-3-27-28-29)6-18(24)20(17)12-1-2-19(26-7-12)22(25)15-10-34(32)11-16(15)22/h1-7,14-16H,8-11,25H2/t14-,15-,16+,22?,34?/m0/s1. The number of aromatic nitrogens is 4. The molecule has 176 valence electrons. The molecular weight excluding hydrogens is 466 g/mol. The Labute approximate surface area is 195 Å². The molecule has 2 aromatic heterocycles. The van der Waals surface area contributed by atoms with Gasteiger partial charge in [-0.3, -0.25) is 14.1 Å². The van der Waals surface area contributed by atoms with Crippen molar-refractivity contribution in [1.82, 2.24) is 20.0 Å². The molecule has 34 heavy (non-hydrogen) atoms. The van der Waals surface area contributed by atoms with Crippen LogP contribution in [0.15, 0.2) is 42.9 Å². The molecule has 2 aliphatic heterocycles. The monoisotopic (exact) mass is 486 g/mol. The van der Waals surface area contributed by atoms with Gasteiger partial charge < -0.3 is 10.5 Å². The third-order valence-electron chi connectivity index (χ3n) is 6.91. The Morgan fingerprint density at radius 2 is 1.94 bits per heavy atom. The number of nitrogens with two attached hydrogens (primary N) is 1. The van der Waals surface area contributed by atoms with Crippen LogP contribution >= 0.6 is 0 Å². The predicted molar refractivity (Wildman–Crippen MR) is 118 cm³/mol. The number of halogens is 2. The topological polar surface area (TPSA) is 116 Å². The number of anilines is 1. The fourth-order valence-corrected chi connectivity index (χ4v) is 7.03. The Balaban J connectivity index is 1.22. The van der Waals surface area contributed by atoms with Crippen LogP contribution in [0.2, 0.25) is 0 Å². The molecule has 0 spiro atoms. The van der Waals surface area contributed by atoms with Gasteiger partial charge in [0.05, 0.1) is 41.8 Å². The van der Waals surface area contributed by atoms with E-state index < -0.39 is 40.2 Å². The minimum absolute atomic E-state index is 0.0640. The highest BCUT2D eigenvalue weighted by molar-refractivity contribution is 7.85. The quantitative estimate of drug-likeness (QED) is 0.585. The third kappa shape index (κ3) is 3.31. The molecule has 4 heterocycles. The first kappa shape index (κ1) is 21.3. The fraction of sp³-hybridized carbons (Fsp3) is 0.364. The van der Waals surface area contributed by atoms with Crippen molar-refractivity contribution in [3.8, 4) is 11.1 Å². The van der Waals surface area contributed by atoms with E-state index in [-0.39, 0.29) is 41.7 Å². The van der Waals surface area contributed by atoms with Crippen LogP contribution in [-0.4, -0.2) is 54.4 Å². The first-order valence-electron chi connectivity index (χ1n) is 10.8. The van der Waals surface area contributed by atoms with E-state index in [1.54, 1.807) is 18.3 Å². The van der Waals surface area contributed by atoms with Crippen LogP contribution in [0.1, 0.15) is 5.69 Å². The van der Waals surface area contributed by atoms with Crippen LogP contribution < -0.4 is 10.6 Å². The Morgan fingerprint density at radius 3 is 2.56 bits per heavy atom. The van der Waals surface area contributed by atoms with Crippen molar-refractivity contribution in [3.63, 3.8) is 0 Å². The number of benzene rings is 1. The molecule has 2 saturated heterocycles. The summed E-state index contributed by atoms with van der Waals surface area (Å²) in [7, 11) is -0.832. The van der Waals surface area contributed by atoms with Gasteiger partial charge in [0.25, 0.3) is 0 Å². The van der Waals surface area contributed by atoms with Gasteiger partial charge in [-0.25, -0.2) is 18.3 Å². The van der Waals surface area contributed by atoms with E-state index in [1.807, 2.05) is 0 Å². The van der Waals surface area contributed by atoms with Gasteiger partial charge in [-0.05, 0) is 18.2 Å². The van der Waals surface area contributed by atoms with Gasteiger partial charge in [0.15, 0.2) is 0 Å². The molecule has 3 fully saturated rings. The molecular formula is C22H20F2N6O3S. The highest BCUT2D eigenvalue weighted by Gasteiger charge is 2.67. The van der Waals surface area contributed by atoms with Crippen molar-refractivity contribution >= 4 is 22.6 Å². The van der Waals surface area contributed by atoms with E-state index in [4.69, 9.17) is 10.5 Å². The SMILES string of the molecule is NC1(c2ccc(-c3c(F)cc(N4C[C@H](Cn5ccnn5)OC4=O)cc3F)cn2)[C@@H]2CS(=O)C[C@@H]21. The number of ether oxygens (including phenoxy) is 1. The first-order chi connectivity index (χ1) is 16.3. The Kier molecular flexibility index (Phi) is 4.78. The molecule has 9 nitrogen and oxygen atoms in total. The number of cyclic esters (lactones) is 1. The van der Waals surface area contributed by atoms with Gasteiger partial charge in [0.2, 0.25) is 0 Å². The number of carbonyl (C=O) groups is 1. The molecule has 1 saturated carbocycles. The zero-order chi connectivity index (χ0) is 23.6. The van der Waals surface area contributed by atoms with Crippen LogP contribution in [0.25, 0.3) is 11.1 Å². The van der Waals surface area contributed by atoms with Crippen molar-refractivity contribution in [2.75, 3.05) is 23.0 Å². The van der Waals surface area contributed by atoms with E-state index >= 15 is 8.78 Å². The van der Waals surface area contributed by atoms with Gasteiger partial charge in [0, 0.05) is 52.1 Å². The lowest BCUT2D eigenvalue weighted by Crippen LogP contribution is -2.30. The molecule has 2 unspecified atom stereocenters. The van der Waals surface area contributed by atoms with Crippen molar-refractivity contribution < 1.29 is 22.5 Å². The molecule has 1 amide bonds. The summed E-state index contributed by atoms with van der Waals surface area (Å²) in [4.78, 5) is 17.9. The fourth-order valence-electron chi connectivity index (χ4n) is 5.08. The van der Waals surface area contributed by atoms with E-state index in [0.717, 1.165) is 12.1 Å². The summed E-state index contributed by atoms with van der Waals surface area (Å²) >= 11 is 0. The lowest BCUT2D eigenvalue weighted by Gasteiger charge is -2.17. The van der Waals surface area contributed by atoms with Crippen molar-refractivity contribution in [2.24, 2.45) is 17.6 Å². The number of amides is 1. The van der Waals surface area contributed by atoms with E-state index in [1.165, 1.54) is 22.0 Å². The summed E-state index contributed by atoms with van der Waals surface area (Å²) in [5, 5.41) is 7.53. The van der Waals surface area contributed by atoms with Crippen LogP contribution in [0.4, 0.5) is 19.3 Å². The number of carbonyl (C=O) groups excluding carboxylic acids is 1. The number of hydrogen-bond donors (Lipinski definition) is 1. The lowest BCUT2D eigenvalue weighted by molar-refractivity contribution is 0.129. The van der Waals surface area contributed by atoms with Crippen LogP contribution in [0.3, 0.4) is 0 Å². The molecule has 2 N–H and O–H groups in total. The van der Waals surface area contributed by atoms with Gasteiger partial charge in [-0.15, -0.1) is 5.10 Å². The summed E-state index contributed by atoms with van der Waals surface area (Å²) < 4.78 is 48.5. The number of nitrogens with zero attached hydrogens (tertiary/aromatic N) is 5. The summed E-state index contributed by atoms with van der Waals surface area (Å²) in [6, 6.07) is 5.48. The molecule has 0 bridgehead atoms. The second-order valence-corrected chi connectivity index (χ2v) is 10.4. The highest BCUT2D eigenvalue weighted by atomic mass is 32.2. The minimum Gasteiger partial charge on any atom is -0.442 e. The van der Waals surface area contributed by atoms with Gasteiger partial charge in [0.1, 0.15) is 17.7 Å². The summed E-state index contributed by atoms with van der Waals surface area (Å²) in [6.07, 6.45) is 3.32. The number of fused-ring (bicyclic) bond motifs is 1. The van der Waals surface area contributed by atoms with Crippen LogP contribution in [0, 0.1) is 23.5 Å². The summed E-state index contributed by atoms with van der Waals surface area (Å²) in [5.74, 6) is -0.250. The molecule has 3 aromatic rings. The Hall–Kier alpha value is -3.25. The maximum atomic E-state index is 15.0. The average molecular weight is 487 g/mol. The molecule has 12 heteroatoms. The van der Waals surface area contributed by atoms with Gasteiger partial charge in [-0.1, -0.05) is 11.3 Å². The average Bonchev–Trinajstić information content (AvgIpc) is 3.32. The molecule has 0 radical (unpaired) electrons. The number of hydrogen-bond acceptors (Lipinski definition) is 7. The minimum atomic E-state index is -0.832. The predicted octanol–water partition coefficient (Wildman–Crippen LogP) is 1.81.